The van der Waals surface area contributed by atoms with E-state index in [1.54, 1.807) is 18.9 Å². The Bertz CT molecular complexity index is 743. The fourth-order valence-electron chi connectivity index (χ4n) is 3.72. The predicted octanol–water partition coefficient (Wildman–Crippen LogP) is 3.84. The van der Waals surface area contributed by atoms with E-state index in [9.17, 15) is 4.79 Å². The predicted molar refractivity (Wildman–Crippen MR) is 94.0 cm³/mol. The van der Waals surface area contributed by atoms with Crippen molar-refractivity contribution in [2.75, 3.05) is 18.2 Å². The first kappa shape index (κ1) is 14.6. The van der Waals surface area contributed by atoms with E-state index < -0.39 is 0 Å². The summed E-state index contributed by atoms with van der Waals surface area (Å²) in [6.07, 6.45) is 1.91. The van der Waals surface area contributed by atoms with Gasteiger partial charge in [0.25, 0.3) is 0 Å². The second-order valence-corrected chi connectivity index (χ2v) is 7.31. The molecule has 1 aliphatic heterocycles. The number of nitrogens with one attached hydrogen (secondary N) is 1. The Balaban J connectivity index is 1.77. The first-order valence-electron chi connectivity index (χ1n) is 7.90. The van der Waals surface area contributed by atoms with Crippen LogP contribution in [0.25, 0.3) is 0 Å². The molecule has 2 aromatic rings. The number of thioether (sulfide) groups is 1. The van der Waals surface area contributed by atoms with Gasteiger partial charge in [-0.15, -0.1) is 11.8 Å². The molecule has 0 amide bonds. The largest absolute Gasteiger partial charge is 0.497 e. The van der Waals surface area contributed by atoms with Crippen LogP contribution < -0.4 is 10.1 Å². The number of fused-ring (bicyclic) bond motifs is 3. The lowest BCUT2D eigenvalue weighted by Gasteiger charge is -2.40. The molecule has 0 spiro atoms. The molecule has 3 nitrogen and oxygen atoms in total. The van der Waals surface area contributed by atoms with Crippen molar-refractivity contribution < 1.29 is 9.53 Å². The molecule has 1 fully saturated rings. The minimum absolute atomic E-state index is 0.0458. The van der Waals surface area contributed by atoms with Gasteiger partial charge in [-0.05, 0) is 48.2 Å². The molecule has 4 heteroatoms. The Morgan fingerprint density at radius 1 is 1.17 bits per heavy atom. The number of carbonyl (C=O) groups is 1. The molecule has 1 N–H and O–H groups in total. The van der Waals surface area contributed by atoms with Gasteiger partial charge in [-0.1, -0.05) is 24.3 Å². The van der Waals surface area contributed by atoms with Crippen molar-refractivity contribution in [3.8, 4) is 5.75 Å². The Hall–Kier alpha value is -1.94. The van der Waals surface area contributed by atoms with Crippen molar-refractivity contribution in [3.63, 3.8) is 0 Å². The smallest absolute Gasteiger partial charge is 0.149 e. The maximum absolute atomic E-state index is 12.4. The number of hydrogen-bond acceptors (Lipinski definition) is 4. The van der Waals surface area contributed by atoms with E-state index in [-0.39, 0.29) is 10.8 Å². The third-order valence-corrected chi connectivity index (χ3v) is 6.35. The Labute approximate surface area is 140 Å². The quantitative estimate of drug-likeness (QED) is 0.930. The zero-order chi connectivity index (χ0) is 15.9. The van der Waals surface area contributed by atoms with Gasteiger partial charge in [0, 0.05) is 5.69 Å². The SMILES string of the molecule is COc1ccc(N[C@]23SCC(=O)[C@H]2CCc2ccccc23)cc1. The molecular formula is C19H19NO2S. The van der Waals surface area contributed by atoms with Crippen LogP contribution in [0.3, 0.4) is 0 Å². The minimum Gasteiger partial charge on any atom is -0.497 e. The van der Waals surface area contributed by atoms with Crippen molar-refractivity contribution in [3.05, 3.63) is 59.7 Å². The number of methoxy groups -OCH3 is 1. The van der Waals surface area contributed by atoms with Gasteiger partial charge in [0.15, 0.2) is 0 Å². The summed E-state index contributed by atoms with van der Waals surface area (Å²) < 4.78 is 5.23. The Morgan fingerprint density at radius 2 is 1.96 bits per heavy atom. The molecule has 0 aromatic heterocycles. The van der Waals surface area contributed by atoms with Crippen LogP contribution in [0.4, 0.5) is 5.69 Å². The van der Waals surface area contributed by atoms with Gasteiger partial charge in [0.2, 0.25) is 0 Å². The van der Waals surface area contributed by atoms with Crippen LogP contribution in [0, 0.1) is 5.92 Å². The fourth-order valence-corrected chi connectivity index (χ4v) is 5.29. The van der Waals surface area contributed by atoms with Crippen LogP contribution in [0.5, 0.6) is 5.75 Å². The van der Waals surface area contributed by atoms with Crippen LogP contribution in [0.2, 0.25) is 0 Å². The number of carbonyl (C=O) groups excluding carboxylic acids is 1. The van der Waals surface area contributed by atoms with Crippen molar-refractivity contribution in [2.24, 2.45) is 5.92 Å². The van der Waals surface area contributed by atoms with Crippen molar-refractivity contribution in [1.29, 1.82) is 0 Å². The summed E-state index contributed by atoms with van der Waals surface area (Å²) in [4.78, 5) is 12.1. The number of ketones is 1. The molecule has 118 valence electrons. The highest BCUT2D eigenvalue weighted by Crippen LogP contribution is 2.54. The topological polar surface area (TPSA) is 38.3 Å². The first-order chi connectivity index (χ1) is 11.2. The Kier molecular flexibility index (Phi) is 3.57. The number of rotatable bonds is 3. The molecular weight excluding hydrogens is 306 g/mol. The van der Waals surface area contributed by atoms with E-state index in [1.165, 1.54) is 11.1 Å². The summed E-state index contributed by atoms with van der Waals surface area (Å²) in [5, 5.41) is 3.68. The summed E-state index contributed by atoms with van der Waals surface area (Å²) in [6.45, 7) is 0. The van der Waals surface area contributed by atoms with Crippen molar-refractivity contribution >= 4 is 23.2 Å². The third kappa shape index (κ3) is 2.32. The molecule has 1 aliphatic carbocycles. The summed E-state index contributed by atoms with van der Waals surface area (Å²) in [5.41, 5.74) is 3.64. The summed E-state index contributed by atoms with van der Waals surface area (Å²) in [7, 11) is 1.67. The van der Waals surface area contributed by atoms with E-state index in [4.69, 9.17) is 4.74 Å². The molecule has 0 bridgehead atoms. The third-order valence-electron chi connectivity index (χ3n) is 4.86. The van der Waals surface area contributed by atoms with Gasteiger partial charge in [0.05, 0.1) is 18.8 Å². The minimum atomic E-state index is -0.333. The molecule has 1 heterocycles. The van der Waals surface area contributed by atoms with E-state index in [1.807, 2.05) is 24.3 Å². The molecule has 0 saturated carbocycles. The van der Waals surface area contributed by atoms with Gasteiger partial charge in [-0.25, -0.2) is 0 Å². The highest BCUT2D eigenvalue weighted by atomic mass is 32.2. The van der Waals surface area contributed by atoms with Crippen LogP contribution >= 0.6 is 11.8 Å². The molecule has 0 unspecified atom stereocenters. The number of ether oxygens (including phenoxy) is 1. The van der Waals surface area contributed by atoms with Crippen LogP contribution in [0.1, 0.15) is 17.5 Å². The lowest BCUT2D eigenvalue weighted by molar-refractivity contribution is -0.120. The fraction of sp³-hybridized carbons (Fsp3) is 0.316. The number of Topliss-reactive ketones (excluding diaryl/α,β-unsaturated/α-hetero) is 1. The van der Waals surface area contributed by atoms with E-state index in [2.05, 4.69) is 29.6 Å². The van der Waals surface area contributed by atoms with Gasteiger partial charge in [0.1, 0.15) is 16.4 Å². The summed E-state index contributed by atoms with van der Waals surface area (Å²) >= 11 is 1.74. The average molecular weight is 325 g/mol. The van der Waals surface area contributed by atoms with Crippen LogP contribution in [-0.4, -0.2) is 18.6 Å². The van der Waals surface area contributed by atoms with E-state index in [0.29, 0.717) is 11.5 Å². The van der Waals surface area contributed by atoms with Gasteiger partial charge >= 0.3 is 0 Å². The highest BCUT2D eigenvalue weighted by Gasteiger charge is 2.52. The molecule has 0 radical (unpaired) electrons. The van der Waals surface area contributed by atoms with E-state index >= 15 is 0 Å². The second-order valence-electron chi connectivity index (χ2n) is 6.09. The van der Waals surface area contributed by atoms with Gasteiger partial charge < -0.3 is 10.1 Å². The number of hydrogen-bond donors (Lipinski definition) is 1. The first-order valence-corrected chi connectivity index (χ1v) is 8.89. The maximum atomic E-state index is 12.4. The summed E-state index contributed by atoms with van der Waals surface area (Å²) in [6, 6.07) is 16.4. The van der Waals surface area contributed by atoms with Crippen LogP contribution in [-0.2, 0) is 16.1 Å². The zero-order valence-corrected chi connectivity index (χ0v) is 13.9. The molecule has 2 aromatic carbocycles. The molecule has 1 saturated heterocycles. The number of aryl methyl sites for hydroxylation is 1. The average Bonchev–Trinajstić information content (AvgIpc) is 2.93. The Morgan fingerprint density at radius 3 is 2.74 bits per heavy atom. The molecule has 2 atom stereocenters. The number of benzene rings is 2. The molecule has 4 rings (SSSR count). The second kappa shape index (κ2) is 5.60. The zero-order valence-electron chi connectivity index (χ0n) is 13.0. The molecule has 23 heavy (non-hydrogen) atoms. The lowest BCUT2D eigenvalue weighted by Crippen LogP contribution is -2.42. The van der Waals surface area contributed by atoms with E-state index in [0.717, 1.165) is 24.3 Å². The van der Waals surface area contributed by atoms with Gasteiger partial charge in [-0.3, -0.25) is 4.79 Å². The van der Waals surface area contributed by atoms with Gasteiger partial charge in [-0.2, -0.15) is 0 Å². The number of anilines is 1. The van der Waals surface area contributed by atoms with Crippen molar-refractivity contribution in [1.82, 2.24) is 0 Å². The lowest BCUT2D eigenvalue weighted by atomic mass is 9.77. The monoisotopic (exact) mass is 325 g/mol. The normalized spacial score (nSPS) is 25.6. The highest BCUT2D eigenvalue weighted by molar-refractivity contribution is 8.01. The van der Waals surface area contributed by atoms with Crippen LogP contribution in [0.15, 0.2) is 48.5 Å². The molecule has 2 aliphatic rings. The maximum Gasteiger partial charge on any atom is 0.149 e. The summed E-state index contributed by atoms with van der Waals surface area (Å²) in [5.74, 6) is 1.83. The standard InChI is InChI=1S/C19H19NO2S/c1-22-15-9-7-14(8-10-15)20-19-16-5-3-2-4-13(16)6-11-17(19)18(21)12-23-19/h2-5,7-10,17,20H,6,11-12H2,1H3/t17-,19-/m1/s1. The van der Waals surface area contributed by atoms with Crippen molar-refractivity contribution in [2.45, 2.75) is 17.7 Å².